The number of hydrogen-bond acceptors (Lipinski definition) is 4. The first-order chi connectivity index (χ1) is 11.6. The summed E-state index contributed by atoms with van der Waals surface area (Å²) in [4.78, 5) is 13.3. The first-order valence-corrected chi connectivity index (χ1v) is 8.80. The van der Waals surface area contributed by atoms with Gasteiger partial charge in [-0.1, -0.05) is 6.07 Å². The second kappa shape index (κ2) is 11.5. The van der Waals surface area contributed by atoms with Crippen molar-refractivity contribution in [3.8, 4) is 0 Å². The summed E-state index contributed by atoms with van der Waals surface area (Å²) in [6, 6.07) is 4.04. The molecule has 2 rings (SSSR count). The van der Waals surface area contributed by atoms with Crippen LogP contribution in [0.25, 0.3) is 0 Å². The zero-order valence-electron chi connectivity index (χ0n) is 15.9. The van der Waals surface area contributed by atoms with E-state index in [0.717, 1.165) is 49.6 Å². The molecule has 1 aromatic rings. The fraction of sp³-hybridized carbons (Fsp3) is 0.667. The lowest BCUT2D eigenvalue weighted by Gasteiger charge is -2.22. The van der Waals surface area contributed by atoms with Gasteiger partial charge in [0.25, 0.3) is 0 Å². The largest absolute Gasteiger partial charge is 0.379 e. The van der Waals surface area contributed by atoms with Crippen LogP contribution in [0.4, 0.5) is 5.82 Å². The first kappa shape index (κ1) is 22.0. The Kier molecular flexibility index (Phi) is 10.1. The second-order valence-corrected chi connectivity index (χ2v) is 6.49. The van der Waals surface area contributed by atoms with Crippen molar-refractivity contribution >= 4 is 35.8 Å². The molecule has 1 N–H and O–H groups in total. The van der Waals surface area contributed by atoms with Crippen LogP contribution in [0.5, 0.6) is 0 Å². The maximum Gasteiger partial charge on any atom is 0.194 e. The summed E-state index contributed by atoms with van der Waals surface area (Å²) in [7, 11) is 6.06. The first-order valence-electron chi connectivity index (χ1n) is 8.80. The maximum absolute atomic E-state index is 5.73. The zero-order valence-corrected chi connectivity index (χ0v) is 18.2. The second-order valence-electron chi connectivity index (χ2n) is 6.49. The SMILES string of the molecule is CCNC(=NCc1cccnc1N(C)C)N(C)CCOCC1CC1.I. The number of ether oxygens (including phenoxy) is 1. The number of halogens is 1. The average Bonchev–Trinajstić information content (AvgIpc) is 3.39. The molecule has 0 unspecified atom stereocenters. The summed E-state index contributed by atoms with van der Waals surface area (Å²) in [5, 5.41) is 3.35. The minimum absolute atomic E-state index is 0. The molecule has 0 amide bonds. The average molecular weight is 461 g/mol. The molecular weight excluding hydrogens is 429 g/mol. The van der Waals surface area contributed by atoms with Gasteiger partial charge >= 0.3 is 0 Å². The van der Waals surface area contributed by atoms with Crippen LogP contribution in [0, 0.1) is 5.92 Å². The highest BCUT2D eigenvalue weighted by atomic mass is 127. The van der Waals surface area contributed by atoms with Crippen LogP contribution in [0.2, 0.25) is 0 Å². The molecule has 0 atom stereocenters. The number of nitrogens with one attached hydrogen (secondary N) is 1. The molecule has 0 aliphatic heterocycles. The van der Waals surface area contributed by atoms with Gasteiger partial charge in [0.15, 0.2) is 5.96 Å². The van der Waals surface area contributed by atoms with E-state index in [-0.39, 0.29) is 24.0 Å². The quantitative estimate of drug-likeness (QED) is 0.265. The highest BCUT2D eigenvalue weighted by Crippen LogP contribution is 2.28. The van der Waals surface area contributed by atoms with Gasteiger partial charge in [-0.3, -0.25) is 0 Å². The van der Waals surface area contributed by atoms with Crippen LogP contribution < -0.4 is 10.2 Å². The lowest BCUT2D eigenvalue weighted by Crippen LogP contribution is -2.40. The minimum atomic E-state index is 0. The van der Waals surface area contributed by atoms with E-state index in [0.29, 0.717) is 6.54 Å². The van der Waals surface area contributed by atoms with E-state index in [1.165, 1.54) is 12.8 Å². The van der Waals surface area contributed by atoms with E-state index < -0.39 is 0 Å². The lowest BCUT2D eigenvalue weighted by atomic mass is 10.2. The summed E-state index contributed by atoms with van der Waals surface area (Å²) in [5.41, 5.74) is 1.12. The normalized spacial score (nSPS) is 14.0. The number of anilines is 1. The standard InChI is InChI=1S/C18H31N5O.HI/c1-5-19-18(23(4)11-12-24-14-15-8-9-15)21-13-16-7-6-10-20-17(16)22(2)3;/h6-7,10,15H,5,8-9,11-14H2,1-4H3,(H,19,21);1H. The zero-order chi connectivity index (χ0) is 17.4. The molecule has 25 heavy (non-hydrogen) atoms. The van der Waals surface area contributed by atoms with Crippen molar-refractivity contribution < 1.29 is 4.74 Å². The molecule has 1 aromatic heterocycles. The van der Waals surface area contributed by atoms with E-state index in [2.05, 4.69) is 35.2 Å². The Morgan fingerprint density at radius 1 is 1.36 bits per heavy atom. The molecule has 1 aliphatic rings. The Hall–Kier alpha value is -1.09. The summed E-state index contributed by atoms with van der Waals surface area (Å²) in [5.74, 6) is 2.68. The van der Waals surface area contributed by atoms with Crippen LogP contribution in [0.3, 0.4) is 0 Å². The van der Waals surface area contributed by atoms with Gasteiger partial charge < -0.3 is 19.9 Å². The number of hydrogen-bond donors (Lipinski definition) is 1. The Balaban J connectivity index is 0.00000312. The molecule has 7 heteroatoms. The highest BCUT2D eigenvalue weighted by Gasteiger charge is 2.21. The minimum Gasteiger partial charge on any atom is -0.379 e. The smallest absolute Gasteiger partial charge is 0.194 e. The molecule has 0 radical (unpaired) electrons. The molecule has 0 spiro atoms. The molecule has 1 fully saturated rings. The monoisotopic (exact) mass is 461 g/mol. The number of rotatable bonds is 9. The third-order valence-electron chi connectivity index (χ3n) is 4.01. The van der Waals surface area contributed by atoms with Crippen molar-refractivity contribution in [1.29, 1.82) is 0 Å². The lowest BCUT2D eigenvalue weighted by molar-refractivity contribution is 0.115. The number of likely N-dealkylation sites (N-methyl/N-ethyl adjacent to an activating group) is 1. The number of nitrogens with zero attached hydrogens (tertiary/aromatic N) is 4. The molecule has 0 aromatic carbocycles. The van der Waals surface area contributed by atoms with Crippen molar-refractivity contribution in [1.82, 2.24) is 15.2 Å². The van der Waals surface area contributed by atoms with Crippen LogP contribution >= 0.6 is 24.0 Å². The van der Waals surface area contributed by atoms with Crippen molar-refractivity contribution in [2.45, 2.75) is 26.3 Å². The van der Waals surface area contributed by atoms with Gasteiger partial charge in [-0.15, -0.1) is 24.0 Å². The summed E-state index contributed by atoms with van der Waals surface area (Å²) in [6.07, 6.45) is 4.48. The molecule has 0 bridgehead atoms. The molecule has 1 heterocycles. The van der Waals surface area contributed by atoms with Crippen LogP contribution in [0.15, 0.2) is 23.3 Å². The fourth-order valence-electron chi connectivity index (χ4n) is 2.43. The summed E-state index contributed by atoms with van der Waals surface area (Å²) in [6.45, 7) is 6.03. The Morgan fingerprint density at radius 3 is 2.76 bits per heavy atom. The van der Waals surface area contributed by atoms with Crippen LogP contribution in [-0.2, 0) is 11.3 Å². The molecule has 1 saturated carbocycles. The molecule has 6 nitrogen and oxygen atoms in total. The maximum atomic E-state index is 5.73. The van der Waals surface area contributed by atoms with Crippen LogP contribution in [-0.4, -0.2) is 63.3 Å². The van der Waals surface area contributed by atoms with E-state index in [4.69, 9.17) is 9.73 Å². The topological polar surface area (TPSA) is 53.0 Å². The Morgan fingerprint density at radius 2 is 2.12 bits per heavy atom. The van der Waals surface area contributed by atoms with Gasteiger partial charge in [-0.2, -0.15) is 0 Å². The van der Waals surface area contributed by atoms with Crippen LogP contribution in [0.1, 0.15) is 25.3 Å². The van der Waals surface area contributed by atoms with Gasteiger partial charge in [-0.05, 0) is 31.7 Å². The summed E-state index contributed by atoms with van der Waals surface area (Å²) >= 11 is 0. The van der Waals surface area contributed by atoms with Crippen molar-refractivity contribution in [2.75, 3.05) is 52.3 Å². The van der Waals surface area contributed by atoms with Crippen molar-refractivity contribution in [3.05, 3.63) is 23.9 Å². The summed E-state index contributed by atoms with van der Waals surface area (Å²) < 4.78 is 5.73. The van der Waals surface area contributed by atoms with E-state index in [9.17, 15) is 0 Å². The number of guanidine groups is 1. The highest BCUT2D eigenvalue weighted by molar-refractivity contribution is 14.0. The van der Waals surface area contributed by atoms with Gasteiger partial charge in [-0.25, -0.2) is 9.98 Å². The number of aliphatic imine (C=N–C) groups is 1. The Labute approximate surface area is 169 Å². The van der Waals surface area contributed by atoms with E-state index in [1.54, 1.807) is 0 Å². The Bertz CT molecular complexity index is 534. The van der Waals surface area contributed by atoms with Gasteiger partial charge in [0, 0.05) is 52.6 Å². The molecule has 0 saturated heterocycles. The third kappa shape index (κ3) is 7.77. The van der Waals surface area contributed by atoms with Gasteiger partial charge in [0.05, 0.1) is 13.2 Å². The van der Waals surface area contributed by atoms with Crippen molar-refractivity contribution in [3.63, 3.8) is 0 Å². The van der Waals surface area contributed by atoms with E-state index >= 15 is 0 Å². The molecule has 142 valence electrons. The predicted octanol–water partition coefficient (Wildman–Crippen LogP) is 2.59. The third-order valence-corrected chi connectivity index (χ3v) is 4.01. The van der Waals surface area contributed by atoms with Gasteiger partial charge in [0.1, 0.15) is 5.82 Å². The van der Waals surface area contributed by atoms with Crippen molar-refractivity contribution in [2.24, 2.45) is 10.9 Å². The molecule has 1 aliphatic carbocycles. The fourth-order valence-corrected chi connectivity index (χ4v) is 2.43. The number of pyridine rings is 1. The predicted molar refractivity (Wildman–Crippen MR) is 115 cm³/mol. The van der Waals surface area contributed by atoms with Gasteiger partial charge in [0.2, 0.25) is 0 Å². The molecular formula is C18H32IN5O. The number of aromatic nitrogens is 1. The van der Waals surface area contributed by atoms with E-state index in [1.807, 2.05) is 31.3 Å².